The Morgan fingerprint density at radius 2 is 1.12 bits per heavy atom. The molecule has 0 atom stereocenters. The molecule has 0 radical (unpaired) electrons. The standard InChI is InChI=1S/C87H82N4O8/c1-8-13-15-17-33-95-55-68-43-64(25-23-62-37-60(10-3)39-66(41-62)54-90(12-5)81-51-82-77(35-59(81)7)58(6)36-83(92)98-82)45-73(47-68)71-27-29-79(88-52-71)80-30-28-72(53-89-80)74-46-65(44-69(48-74)56-96-34-18-16-14-9-2)26-24-63-38-61(11-4)40-67(42-63)57-97-86(93)78-50-75-49-70-21-19-31-91-32-20-22-76(84(70)91)85(75)99-87(78)94/h3-4,27-30,35-53H,8-9,12-22,31-34,54-57H2,1-2,5-7H3. The number of carbonyl (C=O) groups is 1. The normalized spacial score (nSPS) is 12.3. The maximum Gasteiger partial charge on any atom is 0.351 e. The zero-order valence-electron chi connectivity index (χ0n) is 57.3. The van der Waals surface area contributed by atoms with Crippen molar-refractivity contribution >= 4 is 39.3 Å². The first-order valence-corrected chi connectivity index (χ1v) is 34.8. The molecule has 12 rings (SSSR count). The lowest BCUT2D eigenvalue weighted by Crippen LogP contribution is -2.34. The minimum Gasteiger partial charge on any atom is -0.457 e. The summed E-state index contributed by atoms with van der Waals surface area (Å²) in [5.41, 5.74) is 19.4. The smallest absolute Gasteiger partial charge is 0.351 e. The van der Waals surface area contributed by atoms with Crippen LogP contribution in [0.5, 0.6) is 0 Å². The van der Waals surface area contributed by atoms with Gasteiger partial charge in [0.2, 0.25) is 0 Å². The molecule has 10 aromatic rings. The summed E-state index contributed by atoms with van der Waals surface area (Å²) >= 11 is 0. The van der Waals surface area contributed by atoms with Gasteiger partial charge in [0.1, 0.15) is 23.3 Å². The molecule has 12 heteroatoms. The van der Waals surface area contributed by atoms with E-state index in [9.17, 15) is 14.4 Å². The Hall–Kier alpha value is -10.7. The maximum absolute atomic E-state index is 13.6. The van der Waals surface area contributed by atoms with Crippen molar-refractivity contribution in [1.82, 2.24) is 9.97 Å². The number of carbonyl (C=O) groups excluding carboxylic acids is 1. The third kappa shape index (κ3) is 16.8. The largest absolute Gasteiger partial charge is 0.457 e. The van der Waals surface area contributed by atoms with Crippen molar-refractivity contribution in [2.24, 2.45) is 0 Å². The van der Waals surface area contributed by atoms with E-state index in [-0.39, 0.29) is 17.8 Å². The van der Waals surface area contributed by atoms with Gasteiger partial charge in [-0.25, -0.2) is 14.4 Å². The van der Waals surface area contributed by atoms with Crippen molar-refractivity contribution in [3.05, 3.63) is 244 Å². The summed E-state index contributed by atoms with van der Waals surface area (Å²) in [7, 11) is 0. The van der Waals surface area contributed by atoms with Crippen LogP contribution in [0.15, 0.2) is 158 Å². The van der Waals surface area contributed by atoms with E-state index in [1.54, 1.807) is 12.1 Å². The number of benzene rings is 6. The molecule has 6 heterocycles. The second kappa shape index (κ2) is 32.1. The highest BCUT2D eigenvalue weighted by molar-refractivity contribution is 5.96. The molecular formula is C87H82N4O8. The average Bonchev–Trinajstić information content (AvgIpc) is 0.748. The lowest BCUT2D eigenvalue weighted by Gasteiger charge is -2.37. The number of terminal acetylenes is 2. The van der Waals surface area contributed by atoms with E-state index in [1.807, 2.05) is 73.9 Å². The van der Waals surface area contributed by atoms with Gasteiger partial charge in [-0.15, -0.1) is 12.8 Å². The Labute approximate surface area is 580 Å². The van der Waals surface area contributed by atoms with E-state index in [1.165, 1.54) is 30.2 Å². The fourth-order valence-corrected chi connectivity index (χ4v) is 13.5. The summed E-state index contributed by atoms with van der Waals surface area (Å²) in [5.74, 6) is 18.4. The van der Waals surface area contributed by atoms with Crippen LogP contribution in [-0.4, -0.2) is 48.8 Å². The second-order valence-electron chi connectivity index (χ2n) is 26.0. The van der Waals surface area contributed by atoms with Gasteiger partial charge < -0.3 is 32.8 Å². The molecule has 2 aliphatic rings. The van der Waals surface area contributed by atoms with E-state index < -0.39 is 11.6 Å². The molecule has 0 spiro atoms. The number of anilines is 2. The van der Waals surface area contributed by atoms with Gasteiger partial charge in [-0.05, 0) is 212 Å². The molecule has 498 valence electrons. The van der Waals surface area contributed by atoms with Crippen molar-refractivity contribution in [2.45, 2.75) is 138 Å². The van der Waals surface area contributed by atoms with Crippen molar-refractivity contribution in [1.29, 1.82) is 0 Å². The summed E-state index contributed by atoms with van der Waals surface area (Å²) in [6.07, 6.45) is 28.5. The number of nitrogens with zero attached hydrogens (tertiary/aromatic N) is 4. The minimum atomic E-state index is -0.768. The second-order valence-corrected chi connectivity index (χ2v) is 26.0. The van der Waals surface area contributed by atoms with Crippen LogP contribution in [0.4, 0.5) is 11.4 Å². The van der Waals surface area contributed by atoms with Gasteiger partial charge in [0, 0.05) is 136 Å². The summed E-state index contributed by atoms with van der Waals surface area (Å²) < 4.78 is 29.8. The first-order chi connectivity index (χ1) is 48.3. The highest BCUT2D eigenvalue weighted by Gasteiger charge is 2.28. The molecule has 0 N–H and O–H groups in total. The number of hydrogen-bond acceptors (Lipinski definition) is 12. The fraction of sp³-hybridized carbons (Fsp3) is 0.299. The van der Waals surface area contributed by atoms with Crippen molar-refractivity contribution in [3.63, 3.8) is 0 Å². The van der Waals surface area contributed by atoms with Crippen LogP contribution in [0.25, 0.3) is 55.6 Å². The number of aryl methyl sites for hydroxylation is 4. The molecule has 0 aliphatic carbocycles. The van der Waals surface area contributed by atoms with Crippen molar-refractivity contribution in [3.8, 4) is 82.0 Å². The van der Waals surface area contributed by atoms with E-state index in [0.29, 0.717) is 67.4 Å². The number of rotatable bonds is 24. The number of fused-ring (bicyclic) bond motifs is 3. The van der Waals surface area contributed by atoms with Gasteiger partial charge >= 0.3 is 17.2 Å². The molecule has 0 amide bonds. The van der Waals surface area contributed by atoms with Crippen LogP contribution >= 0.6 is 0 Å². The summed E-state index contributed by atoms with van der Waals surface area (Å²) in [4.78, 5) is 53.9. The number of unbranched alkanes of at least 4 members (excludes halogenated alkanes) is 6. The Kier molecular flexibility index (Phi) is 22.1. The predicted octanol–water partition coefficient (Wildman–Crippen LogP) is 17.3. The lowest BCUT2D eigenvalue weighted by atomic mass is 9.90. The van der Waals surface area contributed by atoms with Crippen LogP contribution in [0.2, 0.25) is 0 Å². The zero-order valence-corrected chi connectivity index (χ0v) is 57.3. The predicted molar refractivity (Wildman–Crippen MR) is 396 cm³/mol. The zero-order chi connectivity index (χ0) is 68.8. The first-order valence-electron chi connectivity index (χ1n) is 34.8. The summed E-state index contributed by atoms with van der Waals surface area (Å²) in [6.45, 7) is 15.9. The number of hydrogen-bond donors (Lipinski definition) is 0. The van der Waals surface area contributed by atoms with E-state index in [2.05, 4.69) is 128 Å². The van der Waals surface area contributed by atoms with E-state index >= 15 is 0 Å². The van der Waals surface area contributed by atoms with Gasteiger partial charge in [0.05, 0.1) is 24.6 Å². The van der Waals surface area contributed by atoms with Crippen LogP contribution in [-0.2, 0) is 53.4 Å². The van der Waals surface area contributed by atoms with Gasteiger partial charge in [-0.3, -0.25) is 9.97 Å². The molecule has 4 aromatic heterocycles. The Balaban J connectivity index is 0.767. The third-order valence-corrected chi connectivity index (χ3v) is 18.5. The molecular weight excluding hydrogens is 1230 g/mol. The number of pyridine rings is 2. The minimum absolute atomic E-state index is 0.129. The van der Waals surface area contributed by atoms with Crippen LogP contribution < -0.4 is 21.1 Å². The molecule has 2 aliphatic heterocycles. The first kappa shape index (κ1) is 68.2. The average molecular weight is 1310 g/mol. The molecule has 12 nitrogen and oxygen atoms in total. The van der Waals surface area contributed by atoms with Crippen LogP contribution in [0.1, 0.15) is 173 Å². The molecule has 0 fully saturated rings. The molecule has 0 saturated heterocycles. The summed E-state index contributed by atoms with van der Waals surface area (Å²) in [5, 5.41) is 1.65. The fourth-order valence-electron chi connectivity index (χ4n) is 13.5. The van der Waals surface area contributed by atoms with Gasteiger partial charge in [-0.1, -0.05) is 100 Å². The van der Waals surface area contributed by atoms with Gasteiger partial charge in [-0.2, -0.15) is 0 Å². The van der Waals surface area contributed by atoms with Crippen LogP contribution in [0.3, 0.4) is 0 Å². The van der Waals surface area contributed by atoms with E-state index in [4.69, 9.17) is 45.9 Å². The van der Waals surface area contributed by atoms with Crippen molar-refractivity contribution < 1.29 is 27.8 Å². The van der Waals surface area contributed by atoms with Gasteiger partial charge in [0.25, 0.3) is 0 Å². The monoisotopic (exact) mass is 1310 g/mol. The lowest BCUT2D eigenvalue weighted by molar-refractivity contribution is 0.0468. The maximum atomic E-state index is 13.6. The Morgan fingerprint density at radius 1 is 0.566 bits per heavy atom. The SMILES string of the molecule is C#Cc1cc(C#Cc2cc(COCCCCCC)cc(-c3ccc(-c4ccc(-c5cc(C#Cc6cc(C#C)cc(CN(CC)c7cc8oc(=O)cc(C)c8cc7C)c6)cc(COCCCCCC)c5)cn4)nc3)c2)cc(COC(=O)c2cc3cc4c5c(c3oc2=O)CCCN5CCC4)c1. The highest BCUT2D eigenvalue weighted by Crippen LogP contribution is 2.40. The molecule has 0 unspecified atom stereocenters. The van der Waals surface area contributed by atoms with Gasteiger partial charge in [0.15, 0.2) is 0 Å². The molecule has 0 bridgehead atoms. The Morgan fingerprint density at radius 3 is 1.69 bits per heavy atom. The number of ether oxygens (including phenoxy) is 3. The molecule has 0 saturated carbocycles. The van der Waals surface area contributed by atoms with Crippen molar-refractivity contribution in [2.75, 3.05) is 42.6 Å². The molecule has 6 aromatic carbocycles. The number of aromatic nitrogens is 2. The third-order valence-electron chi connectivity index (χ3n) is 18.5. The highest BCUT2D eigenvalue weighted by atomic mass is 16.5. The molecule has 99 heavy (non-hydrogen) atoms. The van der Waals surface area contributed by atoms with E-state index in [0.717, 1.165) is 183 Å². The summed E-state index contributed by atoms with van der Waals surface area (Å²) in [6, 6.07) is 41.4. The quantitative estimate of drug-likeness (QED) is 0.0246. The number of esters is 1. The topological polar surface area (TPSA) is 137 Å². The Bertz CT molecular complexity index is 5000. The van der Waals surface area contributed by atoms with Crippen LogP contribution in [0, 0.1) is 62.2 Å².